The van der Waals surface area contributed by atoms with E-state index in [1.807, 2.05) is 0 Å². The summed E-state index contributed by atoms with van der Waals surface area (Å²) >= 11 is 0. The first-order valence-electron chi connectivity index (χ1n) is 6.31. The van der Waals surface area contributed by atoms with E-state index in [-0.39, 0.29) is 17.4 Å². The fourth-order valence-electron chi connectivity index (χ4n) is 1.92. The molecule has 0 fully saturated rings. The second-order valence-electron chi connectivity index (χ2n) is 4.43. The summed E-state index contributed by atoms with van der Waals surface area (Å²) in [6.07, 6.45) is 0. The number of aromatic nitrogens is 3. The zero-order chi connectivity index (χ0) is 15.5. The van der Waals surface area contributed by atoms with Crippen molar-refractivity contribution in [1.29, 1.82) is 0 Å². The maximum atomic E-state index is 13.2. The molecule has 0 unspecified atom stereocenters. The molecule has 3 aromatic rings. The number of aromatic amines is 1. The average molecular weight is 299 g/mol. The minimum atomic E-state index is -1.21. The Morgan fingerprint density at radius 1 is 1.14 bits per heavy atom. The molecule has 0 aliphatic heterocycles. The normalized spacial score (nSPS) is 10.4. The van der Waals surface area contributed by atoms with Crippen molar-refractivity contribution < 1.29 is 19.0 Å². The van der Waals surface area contributed by atoms with Crippen molar-refractivity contribution in [3.05, 3.63) is 60.0 Å². The van der Waals surface area contributed by atoms with Gasteiger partial charge < -0.3 is 9.84 Å². The van der Waals surface area contributed by atoms with Gasteiger partial charge in [0.15, 0.2) is 0 Å². The molecule has 3 rings (SSSR count). The summed E-state index contributed by atoms with van der Waals surface area (Å²) in [5.74, 6) is -1.24. The van der Waals surface area contributed by atoms with Crippen molar-refractivity contribution in [2.75, 3.05) is 0 Å². The first-order chi connectivity index (χ1) is 10.6. The molecule has 0 radical (unpaired) electrons. The van der Waals surface area contributed by atoms with Gasteiger partial charge in [0.05, 0.1) is 0 Å². The van der Waals surface area contributed by atoms with Crippen molar-refractivity contribution >= 4 is 5.97 Å². The Bertz CT molecular complexity index is 815. The molecule has 0 amide bonds. The zero-order valence-corrected chi connectivity index (χ0v) is 11.2. The summed E-state index contributed by atoms with van der Waals surface area (Å²) in [5, 5.41) is 18.1. The average Bonchev–Trinajstić information content (AvgIpc) is 2.96. The fourth-order valence-corrected chi connectivity index (χ4v) is 1.92. The van der Waals surface area contributed by atoms with Crippen LogP contribution in [0.25, 0.3) is 11.1 Å². The maximum absolute atomic E-state index is 13.2. The number of halogens is 1. The molecule has 6 nitrogen and oxygen atoms in total. The lowest BCUT2D eigenvalue weighted by Gasteiger charge is -2.05. The van der Waals surface area contributed by atoms with Gasteiger partial charge in [-0.25, -0.2) is 14.3 Å². The van der Waals surface area contributed by atoms with E-state index in [0.29, 0.717) is 5.75 Å². The molecule has 110 valence electrons. The smallest absolute Gasteiger partial charge is 0.359 e. The first-order valence-corrected chi connectivity index (χ1v) is 6.31. The number of carbonyl (C=O) groups is 1. The van der Waals surface area contributed by atoms with Crippen LogP contribution in [0.5, 0.6) is 11.6 Å². The van der Waals surface area contributed by atoms with Gasteiger partial charge >= 0.3 is 5.97 Å². The lowest BCUT2D eigenvalue weighted by Crippen LogP contribution is -1.99. The molecule has 0 bridgehead atoms. The van der Waals surface area contributed by atoms with Crippen LogP contribution in [-0.4, -0.2) is 26.5 Å². The van der Waals surface area contributed by atoms with Gasteiger partial charge in [0.25, 0.3) is 5.88 Å². The van der Waals surface area contributed by atoms with Gasteiger partial charge in [-0.2, -0.15) is 0 Å². The number of carboxylic acids is 1. The minimum Gasteiger partial charge on any atom is -0.476 e. The van der Waals surface area contributed by atoms with Crippen molar-refractivity contribution in [3.63, 3.8) is 0 Å². The van der Waals surface area contributed by atoms with Gasteiger partial charge in [0, 0.05) is 0 Å². The van der Waals surface area contributed by atoms with Gasteiger partial charge in [0.2, 0.25) is 5.69 Å². The number of hydrogen-bond donors (Lipinski definition) is 2. The van der Waals surface area contributed by atoms with Crippen LogP contribution in [0.15, 0.2) is 48.5 Å². The van der Waals surface area contributed by atoms with E-state index in [1.54, 1.807) is 36.4 Å². The van der Waals surface area contributed by atoms with Gasteiger partial charge in [-0.1, -0.05) is 34.6 Å². The zero-order valence-electron chi connectivity index (χ0n) is 11.2. The molecule has 0 spiro atoms. The Labute approximate surface area is 124 Å². The first kappa shape index (κ1) is 13.7. The van der Waals surface area contributed by atoms with Crippen LogP contribution in [-0.2, 0) is 0 Å². The van der Waals surface area contributed by atoms with Crippen LogP contribution >= 0.6 is 0 Å². The van der Waals surface area contributed by atoms with E-state index in [1.165, 1.54) is 12.1 Å². The SMILES string of the molecule is O=C(O)c1[nH]nnc1Oc1ccc(-c2cccc(F)c2)cc1. The maximum Gasteiger partial charge on any atom is 0.359 e. The second kappa shape index (κ2) is 5.65. The van der Waals surface area contributed by atoms with Crippen LogP contribution in [0.1, 0.15) is 10.5 Å². The van der Waals surface area contributed by atoms with Crippen molar-refractivity contribution in [3.8, 4) is 22.8 Å². The minimum absolute atomic E-state index is 0.119. The van der Waals surface area contributed by atoms with Crippen LogP contribution in [0.2, 0.25) is 0 Å². The Hall–Kier alpha value is -3.22. The Morgan fingerprint density at radius 2 is 1.91 bits per heavy atom. The molecule has 0 saturated carbocycles. The van der Waals surface area contributed by atoms with Crippen molar-refractivity contribution in [1.82, 2.24) is 15.4 Å². The number of benzene rings is 2. The molecule has 0 aliphatic rings. The Balaban J connectivity index is 1.83. The second-order valence-corrected chi connectivity index (χ2v) is 4.43. The van der Waals surface area contributed by atoms with Crippen molar-refractivity contribution in [2.45, 2.75) is 0 Å². The number of hydrogen-bond acceptors (Lipinski definition) is 4. The lowest BCUT2D eigenvalue weighted by molar-refractivity contribution is 0.0687. The van der Waals surface area contributed by atoms with E-state index in [9.17, 15) is 9.18 Å². The predicted octanol–water partition coefficient (Wildman–Crippen LogP) is 3.10. The Morgan fingerprint density at radius 3 is 2.59 bits per heavy atom. The summed E-state index contributed by atoms with van der Waals surface area (Å²) in [7, 11) is 0. The van der Waals surface area contributed by atoms with Crippen LogP contribution in [0.4, 0.5) is 4.39 Å². The number of H-pyrrole nitrogens is 1. The summed E-state index contributed by atoms with van der Waals surface area (Å²) < 4.78 is 18.6. The third-order valence-electron chi connectivity index (χ3n) is 2.96. The number of nitrogens with zero attached hydrogens (tertiary/aromatic N) is 2. The number of carboxylic acid groups (broad SMARTS) is 1. The quantitative estimate of drug-likeness (QED) is 0.772. The third-order valence-corrected chi connectivity index (χ3v) is 2.96. The largest absolute Gasteiger partial charge is 0.476 e. The summed E-state index contributed by atoms with van der Waals surface area (Å²) in [4.78, 5) is 10.9. The van der Waals surface area contributed by atoms with E-state index < -0.39 is 5.97 Å². The molecule has 0 aliphatic carbocycles. The van der Waals surface area contributed by atoms with Crippen LogP contribution in [0.3, 0.4) is 0 Å². The van der Waals surface area contributed by atoms with Gasteiger partial charge in [-0.3, -0.25) is 0 Å². The lowest BCUT2D eigenvalue weighted by atomic mass is 10.1. The highest BCUT2D eigenvalue weighted by molar-refractivity contribution is 5.87. The molecular formula is C15H10FN3O3. The highest BCUT2D eigenvalue weighted by atomic mass is 19.1. The molecule has 1 heterocycles. The molecule has 0 atom stereocenters. The third kappa shape index (κ3) is 2.78. The fraction of sp³-hybridized carbons (Fsp3) is 0. The summed E-state index contributed by atoms with van der Waals surface area (Å²) in [5.41, 5.74) is 1.32. The van der Waals surface area contributed by atoms with E-state index in [4.69, 9.17) is 9.84 Å². The molecule has 0 saturated heterocycles. The highest BCUT2D eigenvalue weighted by Gasteiger charge is 2.16. The molecule has 7 heteroatoms. The van der Waals surface area contributed by atoms with E-state index >= 15 is 0 Å². The number of rotatable bonds is 4. The van der Waals surface area contributed by atoms with E-state index in [0.717, 1.165) is 11.1 Å². The standard InChI is InChI=1S/C15H10FN3O3/c16-11-3-1-2-10(8-11)9-4-6-12(7-5-9)22-14-13(15(20)21)17-19-18-14/h1-8H,(H,20,21)(H,17,18,19). The van der Waals surface area contributed by atoms with Gasteiger partial charge in [-0.15, -0.1) is 0 Å². The monoisotopic (exact) mass is 299 g/mol. The van der Waals surface area contributed by atoms with Crippen LogP contribution < -0.4 is 4.74 Å². The molecular weight excluding hydrogens is 289 g/mol. The van der Waals surface area contributed by atoms with E-state index in [2.05, 4.69) is 15.4 Å². The molecule has 22 heavy (non-hydrogen) atoms. The topological polar surface area (TPSA) is 88.1 Å². The molecule has 2 N–H and O–H groups in total. The number of nitrogens with one attached hydrogen (secondary N) is 1. The number of ether oxygens (including phenoxy) is 1. The molecule has 2 aromatic carbocycles. The predicted molar refractivity (Wildman–Crippen MR) is 75.3 cm³/mol. The Kier molecular flexibility index (Phi) is 3.53. The van der Waals surface area contributed by atoms with Gasteiger partial charge in [0.1, 0.15) is 11.6 Å². The highest BCUT2D eigenvalue weighted by Crippen LogP contribution is 2.26. The molecule has 1 aromatic heterocycles. The van der Waals surface area contributed by atoms with Crippen molar-refractivity contribution in [2.24, 2.45) is 0 Å². The summed E-state index contributed by atoms with van der Waals surface area (Å²) in [6, 6.07) is 13.0. The van der Waals surface area contributed by atoms with Gasteiger partial charge in [-0.05, 0) is 35.4 Å². The number of aromatic carboxylic acids is 1. The van der Waals surface area contributed by atoms with Crippen LogP contribution in [0, 0.1) is 5.82 Å². The summed E-state index contributed by atoms with van der Waals surface area (Å²) in [6.45, 7) is 0.